The van der Waals surface area contributed by atoms with Gasteiger partial charge in [-0.2, -0.15) is 0 Å². The smallest absolute Gasteiger partial charge is 0.129 e. The largest absolute Gasteiger partial charge is 0.353 e. The maximum absolute atomic E-state index is 4.93. The molecular weight excluding hydrogens is 258 g/mol. The summed E-state index contributed by atoms with van der Waals surface area (Å²) in [5.74, 6) is 1.82. The van der Waals surface area contributed by atoms with Crippen molar-refractivity contribution < 1.29 is 0 Å². The standard InChI is InChI=1S/C18H25N3/c1-13(2)17-9-6-10-21(17)18-11-14(12-19-3)15-7-4-5-8-16(15)20-18/h4-5,7-8,11,13,17,19H,6,9-10,12H2,1-3H3. The molecule has 0 spiro atoms. The van der Waals surface area contributed by atoms with Crippen LogP contribution in [0.1, 0.15) is 32.3 Å². The molecule has 0 radical (unpaired) electrons. The molecule has 0 saturated carbocycles. The van der Waals surface area contributed by atoms with Gasteiger partial charge in [0, 0.05) is 24.5 Å². The molecule has 1 N–H and O–H groups in total. The third-order valence-corrected chi connectivity index (χ3v) is 4.52. The Bertz CT molecular complexity index is 621. The Kier molecular flexibility index (Phi) is 4.11. The summed E-state index contributed by atoms with van der Waals surface area (Å²) in [5.41, 5.74) is 2.45. The number of aromatic nitrogens is 1. The van der Waals surface area contributed by atoms with Crippen LogP contribution in [0.2, 0.25) is 0 Å². The molecule has 1 saturated heterocycles. The van der Waals surface area contributed by atoms with Crippen LogP contribution in [0.15, 0.2) is 30.3 Å². The van der Waals surface area contributed by atoms with Gasteiger partial charge in [-0.15, -0.1) is 0 Å². The highest BCUT2D eigenvalue weighted by atomic mass is 15.2. The van der Waals surface area contributed by atoms with E-state index in [1.165, 1.54) is 23.8 Å². The second-order valence-corrected chi connectivity index (χ2v) is 6.33. The zero-order valence-electron chi connectivity index (χ0n) is 13.3. The maximum Gasteiger partial charge on any atom is 0.129 e. The van der Waals surface area contributed by atoms with E-state index in [1.54, 1.807) is 0 Å². The first kappa shape index (κ1) is 14.3. The lowest BCUT2D eigenvalue weighted by Gasteiger charge is -2.29. The number of hydrogen-bond acceptors (Lipinski definition) is 3. The van der Waals surface area contributed by atoms with Crippen molar-refractivity contribution in [3.8, 4) is 0 Å². The SMILES string of the molecule is CNCc1cc(N2CCCC2C(C)C)nc2ccccc12. The van der Waals surface area contributed by atoms with E-state index in [9.17, 15) is 0 Å². The quantitative estimate of drug-likeness (QED) is 0.929. The summed E-state index contributed by atoms with van der Waals surface area (Å²) in [6.07, 6.45) is 2.56. The first-order valence-electron chi connectivity index (χ1n) is 8.00. The average Bonchev–Trinajstić information content (AvgIpc) is 2.97. The van der Waals surface area contributed by atoms with Gasteiger partial charge in [0.1, 0.15) is 5.82 Å². The number of nitrogens with one attached hydrogen (secondary N) is 1. The molecule has 1 aliphatic rings. The fourth-order valence-corrected chi connectivity index (χ4v) is 3.49. The minimum Gasteiger partial charge on any atom is -0.353 e. The molecule has 1 aromatic carbocycles. The van der Waals surface area contributed by atoms with E-state index >= 15 is 0 Å². The van der Waals surface area contributed by atoms with Crippen LogP contribution in [0.5, 0.6) is 0 Å². The van der Waals surface area contributed by atoms with Crippen molar-refractivity contribution in [3.05, 3.63) is 35.9 Å². The summed E-state index contributed by atoms with van der Waals surface area (Å²) >= 11 is 0. The number of hydrogen-bond donors (Lipinski definition) is 1. The fraction of sp³-hybridized carbons (Fsp3) is 0.500. The third kappa shape index (κ3) is 2.75. The van der Waals surface area contributed by atoms with Gasteiger partial charge in [-0.1, -0.05) is 32.0 Å². The number of nitrogens with zero attached hydrogens (tertiary/aromatic N) is 2. The number of pyridine rings is 1. The van der Waals surface area contributed by atoms with Crippen molar-refractivity contribution >= 4 is 16.7 Å². The Morgan fingerprint density at radius 1 is 1.33 bits per heavy atom. The second-order valence-electron chi connectivity index (χ2n) is 6.33. The molecule has 2 aromatic rings. The molecule has 2 heterocycles. The number of anilines is 1. The molecule has 3 rings (SSSR count). The highest BCUT2D eigenvalue weighted by Gasteiger charge is 2.28. The summed E-state index contributed by atoms with van der Waals surface area (Å²) in [5, 5.41) is 4.54. The van der Waals surface area contributed by atoms with Crippen molar-refractivity contribution in [2.24, 2.45) is 5.92 Å². The molecule has 1 aromatic heterocycles. The fourth-order valence-electron chi connectivity index (χ4n) is 3.49. The van der Waals surface area contributed by atoms with Gasteiger partial charge < -0.3 is 10.2 Å². The molecule has 1 fully saturated rings. The van der Waals surface area contributed by atoms with Crippen molar-refractivity contribution in [1.29, 1.82) is 0 Å². The van der Waals surface area contributed by atoms with Gasteiger partial charge in [0.15, 0.2) is 0 Å². The van der Waals surface area contributed by atoms with Gasteiger partial charge >= 0.3 is 0 Å². The summed E-state index contributed by atoms with van der Waals surface area (Å²) in [4.78, 5) is 7.44. The van der Waals surface area contributed by atoms with Gasteiger partial charge in [0.2, 0.25) is 0 Å². The topological polar surface area (TPSA) is 28.2 Å². The van der Waals surface area contributed by atoms with Crippen LogP contribution >= 0.6 is 0 Å². The van der Waals surface area contributed by atoms with Crippen molar-refractivity contribution in [3.63, 3.8) is 0 Å². The van der Waals surface area contributed by atoms with E-state index in [4.69, 9.17) is 4.98 Å². The first-order chi connectivity index (χ1) is 10.2. The van der Waals surface area contributed by atoms with Gasteiger partial charge in [-0.05, 0) is 43.5 Å². The predicted octanol–water partition coefficient (Wildman–Crippen LogP) is 3.58. The van der Waals surface area contributed by atoms with Crippen molar-refractivity contribution in [2.45, 2.75) is 39.3 Å². The van der Waals surface area contributed by atoms with Crippen LogP contribution in [-0.2, 0) is 6.54 Å². The van der Waals surface area contributed by atoms with Gasteiger partial charge in [-0.3, -0.25) is 0 Å². The zero-order chi connectivity index (χ0) is 14.8. The molecule has 112 valence electrons. The minimum atomic E-state index is 0.626. The molecule has 0 amide bonds. The highest BCUT2D eigenvalue weighted by Crippen LogP contribution is 2.31. The van der Waals surface area contributed by atoms with E-state index in [-0.39, 0.29) is 0 Å². The lowest BCUT2D eigenvalue weighted by Crippen LogP contribution is -2.34. The Hall–Kier alpha value is -1.61. The molecule has 0 bridgehead atoms. The van der Waals surface area contributed by atoms with Crippen LogP contribution in [0.4, 0.5) is 5.82 Å². The van der Waals surface area contributed by atoms with Gasteiger partial charge in [0.25, 0.3) is 0 Å². The molecule has 3 nitrogen and oxygen atoms in total. The van der Waals surface area contributed by atoms with Crippen LogP contribution in [-0.4, -0.2) is 24.6 Å². The average molecular weight is 283 g/mol. The molecule has 1 atom stereocenters. The third-order valence-electron chi connectivity index (χ3n) is 4.52. The van der Waals surface area contributed by atoms with E-state index in [0.717, 1.165) is 24.4 Å². The Morgan fingerprint density at radius 2 is 2.14 bits per heavy atom. The molecule has 0 aliphatic carbocycles. The highest BCUT2D eigenvalue weighted by molar-refractivity contribution is 5.84. The first-order valence-corrected chi connectivity index (χ1v) is 8.00. The van der Waals surface area contributed by atoms with Crippen molar-refractivity contribution in [1.82, 2.24) is 10.3 Å². The summed E-state index contributed by atoms with van der Waals surface area (Å²) in [6.45, 7) is 6.65. The van der Waals surface area contributed by atoms with Crippen LogP contribution < -0.4 is 10.2 Å². The van der Waals surface area contributed by atoms with Crippen LogP contribution in [0.25, 0.3) is 10.9 Å². The molecule has 3 heteroatoms. The predicted molar refractivity (Wildman–Crippen MR) is 89.7 cm³/mol. The van der Waals surface area contributed by atoms with E-state index in [0.29, 0.717) is 12.0 Å². The second kappa shape index (κ2) is 6.02. The molecule has 1 aliphatic heterocycles. The Morgan fingerprint density at radius 3 is 2.90 bits per heavy atom. The van der Waals surface area contributed by atoms with Gasteiger partial charge in [0.05, 0.1) is 5.52 Å². The van der Waals surface area contributed by atoms with E-state index in [2.05, 4.69) is 54.4 Å². The zero-order valence-corrected chi connectivity index (χ0v) is 13.3. The molecule has 21 heavy (non-hydrogen) atoms. The minimum absolute atomic E-state index is 0.626. The van der Waals surface area contributed by atoms with Crippen LogP contribution in [0.3, 0.4) is 0 Å². The van der Waals surface area contributed by atoms with Crippen LogP contribution in [0, 0.1) is 5.92 Å². The Labute approximate surface area is 127 Å². The lowest BCUT2D eigenvalue weighted by molar-refractivity contribution is 0.490. The Balaban J connectivity index is 2.06. The molecule has 1 unspecified atom stereocenters. The number of benzene rings is 1. The van der Waals surface area contributed by atoms with Gasteiger partial charge in [-0.25, -0.2) is 4.98 Å². The van der Waals surface area contributed by atoms with Crippen molar-refractivity contribution in [2.75, 3.05) is 18.5 Å². The van der Waals surface area contributed by atoms with E-state index < -0.39 is 0 Å². The molecular formula is C18H25N3. The van der Waals surface area contributed by atoms with E-state index in [1.807, 2.05) is 7.05 Å². The number of fused-ring (bicyclic) bond motifs is 1. The maximum atomic E-state index is 4.93. The normalized spacial score (nSPS) is 18.9. The summed E-state index contributed by atoms with van der Waals surface area (Å²) in [7, 11) is 2.00. The number of para-hydroxylation sites is 1. The number of rotatable bonds is 4. The summed E-state index contributed by atoms with van der Waals surface area (Å²) in [6, 6.07) is 11.4. The lowest BCUT2D eigenvalue weighted by atomic mass is 10.0. The summed E-state index contributed by atoms with van der Waals surface area (Å²) < 4.78 is 0. The monoisotopic (exact) mass is 283 g/mol.